The summed E-state index contributed by atoms with van der Waals surface area (Å²) in [5.74, 6) is 1.34. The lowest BCUT2D eigenvalue weighted by Crippen LogP contribution is -2.43. The lowest BCUT2D eigenvalue weighted by atomic mass is 9.52. The lowest BCUT2D eigenvalue weighted by Gasteiger charge is -2.48. The third-order valence-corrected chi connectivity index (χ3v) is 29.7. The fourth-order valence-electron chi connectivity index (χ4n) is 24.5. The normalized spacial score (nSPS) is 14.9. The van der Waals surface area contributed by atoms with Crippen molar-refractivity contribution in [2.45, 2.75) is 40.9 Å². The average molecular weight is 1610 g/mol. The lowest BCUT2D eigenvalue weighted by molar-refractivity contribution is 0.633. The SMILES string of the molecule is CC1(C)c2cc(-c3cccc(-c4cc(-c5ccc(-c6ccccc6)cc5)nc(-c5ccc6c(c5)C5(c7ccccc7-6)c6ccccc6C6(c7ccccc7-c7ccccc76)c6ccccc65)n4)c3)ccc2-c2ccc(-c3cc(-c4ccccc4)nc(-c4ccc5c(c4)C4(c6ccccc6-5)c5ccccc5C5(c6ccccc6-c6ccccc65)c5ccccc54)n3)cc21. The van der Waals surface area contributed by atoms with E-state index < -0.39 is 21.7 Å². The van der Waals surface area contributed by atoms with E-state index >= 15 is 0 Å². The third-order valence-electron chi connectivity index (χ3n) is 29.7. The van der Waals surface area contributed by atoms with Gasteiger partial charge in [0.1, 0.15) is 0 Å². The second-order valence-corrected chi connectivity index (χ2v) is 35.9. The molecule has 0 amide bonds. The standard InChI is InChI=1S/C123H78N4/c1-119(2)109-69-80(60-64-91(109)92-65-61-82(70-110(92)119)116-73-113(77-32-7-4-8-33-77)124-117(127-116)83-62-66-93-89-40-13-19-46-99(89)122(111(93)71-83)105-52-25-21-48-101(105)120(102-49-22-26-53-106(102)122)95-42-15-9-36-85(95)86-37-10-16-43-96(86)120)79-34-29-35-81(68-79)115-74-114(78-58-56-76(57-59-78)75-30-5-3-6-31-75)125-118(126-115)84-63-67-94-90-41-14-20-47-100(90)123(112(94)72-84)107-54-27-23-50-103(107)121(104-51-24-28-55-108(104)123)97-44-17-11-38-87(97)88-39-12-18-45-98(88)121/h3-74H,1-2H3. The Hall–Kier alpha value is -15.9. The topological polar surface area (TPSA) is 51.6 Å². The molecule has 27 rings (SSSR count). The molecule has 18 aromatic carbocycles. The van der Waals surface area contributed by atoms with Crippen LogP contribution in [0.15, 0.2) is 437 Å². The van der Waals surface area contributed by atoms with Gasteiger partial charge >= 0.3 is 0 Å². The summed E-state index contributed by atoms with van der Waals surface area (Å²) < 4.78 is 0. The molecule has 127 heavy (non-hydrogen) atoms. The Morgan fingerprint density at radius 1 is 0.134 bits per heavy atom. The van der Waals surface area contributed by atoms with Gasteiger partial charge in [0.05, 0.1) is 44.4 Å². The van der Waals surface area contributed by atoms with Gasteiger partial charge in [-0.25, -0.2) is 19.9 Å². The first-order valence-electron chi connectivity index (χ1n) is 44.4. The van der Waals surface area contributed by atoms with E-state index in [0.29, 0.717) is 11.6 Å². The second kappa shape index (κ2) is 26.6. The van der Waals surface area contributed by atoms with Crippen LogP contribution in [-0.2, 0) is 27.1 Å². The van der Waals surface area contributed by atoms with E-state index in [1.54, 1.807) is 0 Å². The monoisotopic (exact) mass is 1610 g/mol. The highest BCUT2D eigenvalue weighted by Crippen LogP contribution is 2.71. The zero-order valence-corrected chi connectivity index (χ0v) is 69.9. The van der Waals surface area contributed by atoms with Gasteiger partial charge in [-0.1, -0.05) is 408 Å². The van der Waals surface area contributed by atoms with Crippen molar-refractivity contribution in [1.29, 1.82) is 0 Å². The molecule has 0 fully saturated rings. The van der Waals surface area contributed by atoms with Crippen molar-refractivity contribution in [1.82, 2.24) is 19.9 Å². The molecule has 20 aromatic rings. The number of aromatic nitrogens is 4. The predicted octanol–water partition coefficient (Wildman–Crippen LogP) is 29.0. The number of hydrogen-bond acceptors (Lipinski definition) is 4. The minimum Gasteiger partial charge on any atom is -0.228 e. The summed E-state index contributed by atoms with van der Waals surface area (Å²) in [7, 11) is 0. The van der Waals surface area contributed by atoms with Crippen molar-refractivity contribution in [3.8, 4) is 146 Å². The van der Waals surface area contributed by atoms with Gasteiger partial charge in [-0.05, 0) is 220 Å². The first kappa shape index (κ1) is 71.7. The Bertz CT molecular complexity index is 7940. The van der Waals surface area contributed by atoms with E-state index in [4.69, 9.17) is 19.9 Å². The molecule has 0 N–H and O–H groups in total. The summed E-state index contributed by atoms with van der Waals surface area (Å²) in [6, 6.07) is 164. The molecule has 0 unspecified atom stereocenters. The Kier molecular flexibility index (Phi) is 15.0. The summed E-state index contributed by atoms with van der Waals surface area (Å²) in [5, 5.41) is 0. The molecule has 0 saturated carbocycles. The Morgan fingerprint density at radius 2 is 0.339 bits per heavy atom. The van der Waals surface area contributed by atoms with E-state index in [2.05, 4.69) is 451 Å². The average Bonchev–Trinajstić information content (AvgIpc) is 1.53. The van der Waals surface area contributed by atoms with Crippen molar-refractivity contribution < 1.29 is 0 Å². The van der Waals surface area contributed by atoms with Gasteiger partial charge in [-0.3, -0.25) is 0 Å². The highest BCUT2D eigenvalue weighted by Gasteiger charge is 2.61. The summed E-state index contributed by atoms with van der Waals surface area (Å²) in [6.45, 7) is 4.78. The van der Waals surface area contributed by atoms with Gasteiger partial charge in [0.2, 0.25) is 0 Å². The molecule has 0 bridgehead atoms. The molecule has 0 aliphatic heterocycles. The molecule has 0 atom stereocenters. The molecular weight excluding hydrogens is 1530 g/mol. The first-order chi connectivity index (χ1) is 62.7. The van der Waals surface area contributed by atoms with Crippen LogP contribution in [0.1, 0.15) is 114 Å². The predicted molar refractivity (Wildman–Crippen MR) is 515 cm³/mol. The first-order valence-corrected chi connectivity index (χ1v) is 44.4. The van der Waals surface area contributed by atoms with Gasteiger partial charge in [0.15, 0.2) is 11.6 Å². The molecule has 7 aliphatic carbocycles. The highest BCUT2D eigenvalue weighted by molar-refractivity contribution is 5.98. The molecule has 4 heteroatoms. The number of nitrogens with zero attached hydrogens (tertiary/aromatic N) is 4. The van der Waals surface area contributed by atoms with Crippen LogP contribution >= 0.6 is 0 Å². The van der Waals surface area contributed by atoms with Gasteiger partial charge in [0.25, 0.3) is 0 Å². The largest absolute Gasteiger partial charge is 0.228 e. The molecule has 4 spiro atoms. The fourth-order valence-corrected chi connectivity index (χ4v) is 24.5. The van der Waals surface area contributed by atoms with E-state index in [1.165, 1.54) is 161 Å². The maximum Gasteiger partial charge on any atom is 0.160 e. The summed E-state index contributed by atoms with van der Waals surface area (Å²) >= 11 is 0. The van der Waals surface area contributed by atoms with Crippen LogP contribution in [0.4, 0.5) is 0 Å². The Morgan fingerprint density at radius 3 is 0.701 bits per heavy atom. The minimum absolute atomic E-state index is 0.386. The van der Waals surface area contributed by atoms with Crippen molar-refractivity contribution in [3.05, 3.63) is 537 Å². The quantitative estimate of drug-likeness (QED) is 0.152. The van der Waals surface area contributed by atoms with Crippen molar-refractivity contribution in [3.63, 3.8) is 0 Å². The number of rotatable bonds is 8. The Balaban J connectivity index is 0.565. The summed E-state index contributed by atoms with van der Waals surface area (Å²) in [6.07, 6.45) is 0. The maximum absolute atomic E-state index is 5.75. The van der Waals surface area contributed by atoms with Crippen LogP contribution in [0.3, 0.4) is 0 Å². The molecule has 0 saturated heterocycles. The summed E-state index contributed by atoms with van der Waals surface area (Å²) in [5.41, 5.74) is 46.9. The van der Waals surface area contributed by atoms with Gasteiger partial charge in [0, 0.05) is 38.8 Å². The van der Waals surface area contributed by atoms with Crippen molar-refractivity contribution in [2.75, 3.05) is 0 Å². The zero-order chi connectivity index (χ0) is 83.6. The van der Waals surface area contributed by atoms with Crippen LogP contribution in [-0.4, -0.2) is 19.9 Å². The van der Waals surface area contributed by atoms with Crippen molar-refractivity contribution >= 4 is 0 Å². The van der Waals surface area contributed by atoms with E-state index in [1.807, 2.05) is 0 Å². The molecule has 7 aliphatic rings. The second-order valence-electron chi connectivity index (χ2n) is 35.9. The number of benzene rings is 18. The van der Waals surface area contributed by atoms with E-state index in [0.717, 1.165) is 72.8 Å². The highest BCUT2D eigenvalue weighted by atomic mass is 14.9. The number of hydrogen-bond donors (Lipinski definition) is 0. The van der Waals surface area contributed by atoms with E-state index in [9.17, 15) is 0 Å². The van der Waals surface area contributed by atoms with E-state index in [-0.39, 0.29) is 5.41 Å². The minimum atomic E-state index is -0.692. The van der Waals surface area contributed by atoms with Gasteiger partial charge in [-0.2, -0.15) is 0 Å². The maximum atomic E-state index is 5.75. The van der Waals surface area contributed by atoms with Gasteiger partial charge < -0.3 is 0 Å². The van der Waals surface area contributed by atoms with Crippen LogP contribution in [0.2, 0.25) is 0 Å². The molecule has 4 nitrogen and oxygen atoms in total. The third kappa shape index (κ3) is 9.60. The van der Waals surface area contributed by atoms with Crippen molar-refractivity contribution in [2.24, 2.45) is 0 Å². The summed E-state index contributed by atoms with van der Waals surface area (Å²) in [4.78, 5) is 22.7. The van der Waals surface area contributed by atoms with Crippen LogP contribution in [0.5, 0.6) is 0 Å². The van der Waals surface area contributed by atoms with Crippen LogP contribution < -0.4 is 0 Å². The van der Waals surface area contributed by atoms with Gasteiger partial charge in [-0.15, -0.1) is 0 Å². The molecule has 2 aromatic heterocycles. The zero-order valence-electron chi connectivity index (χ0n) is 69.9. The molecule has 0 radical (unpaired) electrons. The van der Waals surface area contributed by atoms with Crippen LogP contribution in [0.25, 0.3) is 146 Å². The Labute approximate surface area is 738 Å². The molecule has 590 valence electrons. The number of fused-ring (bicyclic) bond motifs is 35. The smallest absolute Gasteiger partial charge is 0.160 e. The molecular formula is C123H78N4. The van der Waals surface area contributed by atoms with Crippen LogP contribution in [0, 0.1) is 0 Å². The molecule has 2 heterocycles. The fraction of sp³-hybridized carbons (Fsp3) is 0.0569.